The topological polar surface area (TPSA) is 98.5 Å². The first kappa shape index (κ1) is 17.5. The summed E-state index contributed by atoms with van der Waals surface area (Å²) in [5.74, 6) is 2.52. The van der Waals surface area contributed by atoms with E-state index < -0.39 is 12.2 Å². The fourth-order valence-electron chi connectivity index (χ4n) is 2.97. The lowest BCUT2D eigenvalue weighted by atomic mass is 10.2. The first-order valence-electron chi connectivity index (χ1n) is 8.49. The summed E-state index contributed by atoms with van der Waals surface area (Å²) >= 11 is 0. The Hall–Kier alpha value is -2.32. The van der Waals surface area contributed by atoms with E-state index in [1.165, 1.54) is 0 Å². The Morgan fingerprint density at radius 3 is 2.08 bits per heavy atom. The van der Waals surface area contributed by atoms with Crippen LogP contribution in [0.4, 0.5) is 11.6 Å². The summed E-state index contributed by atoms with van der Waals surface area (Å²) < 4.78 is 0. The van der Waals surface area contributed by atoms with Crippen LogP contribution in [0.15, 0.2) is 24.5 Å². The van der Waals surface area contributed by atoms with Crippen molar-refractivity contribution in [1.82, 2.24) is 19.9 Å². The molecule has 1 aliphatic heterocycles. The number of rotatable bonds is 4. The molecule has 0 bridgehead atoms. The SMILES string of the molecule is C[C@@H](O)c1nccc(N2CCN(c3ccnc([C@@H](C)O)n3)[C@@H](C)C2)n1. The molecule has 3 heterocycles. The number of nitrogens with zero attached hydrogens (tertiary/aromatic N) is 6. The molecule has 0 spiro atoms. The minimum absolute atomic E-state index is 0.218. The molecule has 3 atom stereocenters. The smallest absolute Gasteiger partial charge is 0.158 e. The minimum Gasteiger partial charge on any atom is -0.385 e. The maximum Gasteiger partial charge on any atom is 0.158 e. The summed E-state index contributed by atoms with van der Waals surface area (Å²) in [5, 5.41) is 19.4. The summed E-state index contributed by atoms with van der Waals surface area (Å²) in [7, 11) is 0. The van der Waals surface area contributed by atoms with Gasteiger partial charge in [-0.1, -0.05) is 0 Å². The van der Waals surface area contributed by atoms with Crippen LogP contribution in [0.25, 0.3) is 0 Å². The molecule has 2 aromatic heterocycles. The Morgan fingerprint density at radius 1 is 0.960 bits per heavy atom. The number of piperazine rings is 1. The van der Waals surface area contributed by atoms with Crippen LogP contribution in [0, 0.1) is 0 Å². The number of hydrogen-bond donors (Lipinski definition) is 2. The highest BCUT2D eigenvalue weighted by Gasteiger charge is 2.26. The largest absolute Gasteiger partial charge is 0.385 e. The average molecular weight is 344 g/mol. The van der Waals surface area contributed by atoms with Crippen LogP contribution in [0.1, 0.15) is 44.6 Å². The van der Waals surface area contributed by atoms with Gasteiger partial charge in [-0.15, -0.1) is 0 Å². The first-order chi connectivity index (χ1) is 12.0. The van der Waals surface area contributed by atoms with E-state index in [0.717, 1.165) is 31.3 Å². The maximum absolute atomic E-state index is 9.69. The maximum atomic E-state index is 9.69. The average Bonchev–Trinajstić information content (AvgIpc) is 2.61. The quantitative estimate of drug-likeness (QED) is 0.850. The summed E-state index contributed by atoms with van der Waals surface area (Å²) in [6, 6.07) is 3.95. The monoisotopic (exact) mass is 344 g/mol. The van der Waals surface area contributed by atoms with Crippen LogP contribution in [0.2, 0.25) is 0 Å². The van der Waals surface area contributed by atoms with Gasteiger partial charge in [-0.2, -0.15) is 0 Å². The fourth-order valence-corrected chi connectivity index (χ4v) is 2.97. The molecular formula is C17H24N6O2. The summed E-state index contributed by atoms with van der Waals surface area (Å²) in [6.07, 6.45) is 2.00. The van der Waals surface area contributed by atoms with Crippen LogP contribution in [-0.2, 0) is 0 Å². The lowest BCUT2D eigenvalue weighted by Crippen LogP contribution is -2.52. The van der Waals surface area contributed by atoms with Gasteiger partial charge in [0.2, 0.25) is 0 Å². The third kappa shape index (κ3) is 3.85. The molecule has 2 N–H and O–H groups in total. The van der Waals surface area contributed by atoms with Gasteiger partial charge in [0.1, 0.15) is 23.8 Å². The molecular weight excluding hydrogens is 320 g/mol. The molecule has 8 nitrogen and oxygen atoms in total. The molecule has 0 aromatic carbocycles. The highest BCUT2D eigenvalue weighted by molar-refractivity contribution is 5.45. The van der Waals surface area contributed by atoms with Crippen LogP contribution in [0.3, 0.4) is 0 Å². The Kier molecular flexibility index (Phi) is 5.10. The Morgan fingerprint density at radius 2 is 1.52 bits per heavy atom. The van der Waals surface area contributed by atoms with Gasteiger partial charge >= 0.3 is 0 Å². The zero-order valence-corrected chi connectivity index (χ0v) is 14.7. The van der Waals surface area contributed by atoms with E-state index in [4.69, 9.17) is 0 Å². The second-order valence-electron chi connectivity index (χ2n) is 6.39. The van der Waals surface area contributed by atoms with Crippen LogP contribution in [0.5, 0.6) is 0 Å². The number of aromatic nitrogens is 4. The standard InChI is InChI=1S/C17H24N6O2/c1-11-10-22(14-4-6-18-16(20-14)12(2)24)8-9-23(11)15-5-7-19-17(21-15)13(3)25/h4-7,11-13,24-25H,8-10H2,1-3H3/t11-,12+,13+/m0/s1. The predicted octanol–water partition coefficient (Wildman–Crippen LogP) is 1.09. The van der Waals surface area contributed by atoms with Crippen molar-refractivity contribution >= 4 is 11.6 Å². The van der Waals surface area contributed by atoms with Crippen LogP contribution < -0.4 is 9.80 Å². The fraction of sp³-hybridized carbons (Fsp3) is 0.529. The van der Waals surface area contributed by atoms with Gasteiger partial charge in [0, 0.05) is 38.1 Å². The van der Waals surface area contributed by atoms with E-state index in [0.29, 0.717) is 11.6 Å². The molecule has 3 rings (SSSR count). The second-order valence-corrected chi connectivity index (χ2v) is 6.39. The lowest BCUT2D eigenvalue weighted by Gasteiger charge is -2.41. The Labute approximate surface area is 147 Å². The van der Waals surface area contributed by atoms with E-state index in [-0.39, 0.29) is 6.04 Å². The zero-order valence-electron chi connectivity index (χ0n) is 14.7. The van der Waals surface area contributed by atoms with E-state index in [1.54, 1.807) is 26.2 Å². The molecule has 0 unspecified atom stereocenters. The van der Waals surface area contributed by atoms with Crippen molar-refractivity contribution in [3.05, 3.63) is 36.2 Å². The number of aliphatic hydroxyl groups excluding tert-OH is 2. The van der Waals surface area contributed by atoms with Crippen molar-refractivity contribution in [3.63, 3.8) is 0 Å². The van der Waals surface area contributed by atoms with Crippen molar-refractivity contribution in [2.75, 3.05) is 29.4 Å². The predicted molar refractivity (Wildman–Crippen MR) is 94.4 cm³/mol. The summed E-state index contributed by atoms with van der Waals surface area (Å²) in [5.41, 5.74) is 0. The molecule has 1 fully saturated rings. The second kappa shape index (κ2) is 7.28. The molecule has 1 aliphatic rings. The van der Waals surface area contributed by atoms with Gasteiger partial charge < -0.3 is 20.0 Å². The van der Waals surface area contributed by atoms with E-state index in [2.05, 4.69) is 36.7 Å². The minimum atomic E-state index is -0.684. The molecule has 2 aromatic rings. The van der Waals surface area contributed by atoms with Gasteiger partial charge in [-0.3, -0.25) is 0 Å². The third-order valence-electron chi connectivity index (χ3n) is 4.31. The van der Waals surface area contributed by atoms with E-state index in [9.17, 15) is 10.2 Å². The van der Waals surface area contributed by atoms with Gasteiger partial charge in [-0.05, 0) is 32.9 Å². The zero-order chi connectivity index (χ0) is 18.0. The number of hydrogen-bond acceptors (Lipinski definition) is 8. The van der Waals surface area contributed by atoms with Gasteiger partial charge in [0.05, 0.1) is 0 Å². The van der Waals surface area contributed by atoms with Crippen molar-refractivity contribution in [2.45, 2.75) is 39.0 Å². The first-order valence-corrected chi connectivity index (χ1v) is 8.49. The Balaban J connectivity index is 1.74. The molecule has 0 amide bonds. The van der Waals surface area contributed by atoms with Crippen molar-refractivity contribution in [3.8, 4) is 0 Å². The lowest BCUT2D eigenvalue weighted by molar-refractivity contribution is 0.188. The molecule has 8 heteroatoms. The van der Waals surface area contributed by atoms with Crippen molar-refractivity contribution < 1.29 is 10.2 Å². The highest BCUT2D eigenvalue weighted by atomic mass is 16.3. The van der Waals surface area contributed by atoms with Crippen molar-refractivity contribution in [2.24, 2.45) is 0 Å². The summed E-state index contributed by atoms with van der Waals surface area (Å²) in [4.78, 5) is 21.5. The van der Waals surface area contributed by atoms with E-state index >= 15 is 0 Å². The van der Waals surface area contributed by atoms with Crippen molar-refractivity contribution in [1.29, 1.82) is 0 Å². The van der Waals surface area contributed by atoms with Crippen LogP contribution >= 0.6 is 0 Å². The molecule has 0 aliphatic carbocycles. The normalized spacial score (nSPS) is 20.4. The van der Waals surface area contributed by atoms with Gasteiger partial charge in [0.15, 0.2) is 11.6 Å². The van der Waals surface area contributed by atoms with Gasteiger partial charge in [-0.25, -0.2) is 19.9 Å². The molecule has 1 saturated heterocycles. The Bertz CT molecular complexity index is 724. The molecule has 25 heavy (non-hydrogen) atoms. The van der Waals surface area contributed by atoms with E-state index in [1.807, 2.05) is 12.1 Å². The van der Waals surface area contributed by atoms with Gasteiger partial charge in [0.25, 0.3) is 0 Å². The summed E-state index contributed by atoms with van der Waals surface area (Å²) in [6.45, 7) is 7.81. The highest BCUT2D eigenvalue weighted by Crippen LogP contribution is 2.23. The molecule has 0 saturated carbocycles. The third-order valence-corrected chi connectivity index (χ3v) is 4.31. The number of aliphatic hydroxyl groups is 2. The number of anilines is 2. The molecule has 134 valence electrons. The molecule has 0 radical (unpaired) electrons. The van der Waals surface area contributed by atoms with Crippen LogP contribution in [-0.4, -0.2) is 55.8 Å².